The molecule has 1 amide bonds. The Kier molecular flexibility index (Phi) is 17.9. The molecule has 5 aromatic rings. The van der Waals surface area contributed by atoms with Crippen LogP contribution in [0.4, 0.5) is 10.1 Å². The molecule has 0 saturated carbocycles. The molecule has 1 aliphatic heterocycles. The van der Waals surface area contributed by atoms with Gasteiger partial charge >= 0.3 is 0 Å². The molecule has 1 aliphatic rings. The van der Waals surface area contributed by atoms with Crippen molar-refractivity contribution >= 4 is 52.0 Å². The molecule has 0 aliphatic carbocycles. The van der Waals surface area contributed by atoms with E-state index in [1.54, 1.807) is 25.4 Å². The number of nitrogens with one attached hydrogen (secondary N) is 2. The summed E-state index contributed by atoms with van der Waals surface area (Å²) in [6.07, 6.45) is 11.9. The minimum absolute atomic E-state index is 0.230. The number of aromatic nitrogens is 5. The summed E-state index contributed by atoms with van der Waals surface area (Å²) in [6, 6.07) is 12.1. The summed E-state index contributed by atoms with van der Waals surface area (Å²) in [5.41, 5.74) is 6.87. The van der Waals surface area contributed by atoms with E-state index in [1.807, 2.05) is 70.3 Å². The lowest BCUT2D eigenvalue weighted by Gasteiger charge is -2.26. The number of aliphatic hydroxyl groups is 1. The van der Waals surface area contributed by atoms with E-state index in [4.69, 9.17) is 26.4 Å². The van der Waals surface area contributed by atoms with E-state index in [1.165, 1.54) is 6.07 Å². The van der Waals surface area contributed by atoms with Crippen LogP contribution in [0.3, 0.4) is 0 Å². The van der Waals surface area contributed by atoms with E-state index in [9.17, 15) is 9.18 Å². The van der Waals surface area contributed by atoms with Crippen molar-refractivity contribution in [1.82, 2.24) is 29.6 Å². The number of methoxy groups -OCH3 is 1. The number of nitrogens with zero attached hydrogens (tertiary/aromatic N) is 6. The van der Waals surface area contributed by atoms with Crippen LogP contribution in [0.2, 0.25) is 5.02 Å². The second kappa shape index (κ2) is 22.3. The van der Waals surface area contributed by atoms with E-state index in [-0.39, 0.29) is 11.7 Å². The quantitative estimate of drug-likeness (QED) is 0.0910. The van der Waals surface area contributed by atoms with Gasteiger partial charge in [0.15, 0.2) is 5.65 Å². The fraction of sp³-hybridized carbons (Fsp3) is 0.341. The molecule has 288 valence electrons. The number of allylic oxidation sites excluding steroid dienone is 4. The van der Waals surface area contributed by atoms with Gasteiger partial charge in [0, 0.05) is 62.6 Å². The molecule has 11 nitrogen and oxygen atoms in total. The van der Waals surface area contributed by atoms with Gasteiger partial charge in [-0.25, -0.2) is 14.4 Å². The number of ether oxygens (including phenoxy) is 1. The number of benzene rings is 2. The summed E-state index contributed by atoms with van der Waals surface area (Å²) in [6.45, 7) is 14.9. The summed E-state index contributed by atoms with van der Waals surface area (Å²) in [4.78, 5) is 28.8. The van der Waals surface area contributed by atoms with Crippen LogP contribution in [0, 0.1) is 12.7 Å². The third kappa shape index (κ3) is 11.7. The number of hydrogen-bond acceptors (Lipinski definition) is 8. The summed E-state index contributed by atoms with van der Waals surface area (Å²) < 4.78 is 20.8. The number of H-pyrrole nitrogens is 1. The first-order valence-electron chi connectivity index (χ1n) is 17.9. The summed E-state index contributed by atoms with van der Waals surface area (Å²) in [7, 11) is 4.71. The van der Waals surface area contributed by atoms with Gasteiger partial charge in [0.1, 0.15) is 11.6 Å². The number of halogens is 2. The number of amides is 1. The Balaban J connectivity index is 0.000000795. The maximum absolute atomic E-state index is 14.0. The molecule has 0 atom stereocenters. The Hall–Kier alpha value is -5.01. The molecule has 0 saturated heterocycles. The van der Waals surface area contributed by atoms with Gasteiger partial charge < -0.3 is 19.7 Å². The van der Waals surface area contributed by atoms with Crippen LogP contribution < -0.4 is 5.32 Å². The zero-order valence-electron chi connectivity index (χ0n) is 32.3. The van der Waals surface area contributed by atoms with Gasteiger partial charge in [-0.05, 0) is 86.5 Å². The Morgan fingerprint density at radius 2 is 1.98 bits per heavy atom. The van der Waals surface area contributed by atoms with Gasteiger partial charge in [-0.2, -0.15) is 5.10 Å². The maximum atomic E-state index is 14.0. The van der Waals surface area contributed by atoms with Crippen molar-refractivity contribution in [1.29, 1.82) is 0 Å². The SMILES string of the molecule is C=N/C(=C\C=C/Cc1ccc(Cl)cc1F)C1=CCN(Cc2nc3cc(C(=O)Nc4cnc5n[nH]c(C)c5c4)ccc3n2C)CC1.CC.CCCOC.CO. The zero-order chi connectivity index (χ0) is 39.6. The number of aryl methyl sites for hydroxylation is 2. The van der Waals surface area contributed by atoms with Gasteiger partial charge in [-0.15, -0.1) is 0 Å². The molecule has 4 heterocycles. The van der Waals surface area contributed by atoms with Crippen molar-refractivity contribution in [3.63, 3.8) is 0 Å². The van der Waals surface area contributed by atoms with Gasteiger partial charge in [0.2, 0.25) is 0 Å². The van der Waals surface area contributed by atoms with Gasteiger partial charge in [0.25, 0.3) is 5.91 Å². The molecule has 54 heavy (non-hydrogen) atoms. The first kappa shape index (κ1) is 43.4. The fourth-order valence-electron chi connectivity index (χ4n) is 5.62. The van der Waals surface area contributed by atoms with Crippen LogP contribution in [0.15, 0.2) is 89.2 Å². The summed E-state index contributed by atoms with van der Waals surface area (Å²) in [5.74, 6) is 0.374. The highest BCUT2D eigenvalue weighted by Crippen LogP contribution is 2.24. The van der Waals surface area contributed by atoms with Crippen LogP contribution in [0.1, 0.15) is 61.1 Å². The topological polar surface area (TPSA) is 134 Å². The third-order valence-corrected chi connectivity index (χ3v) is 8.64. The molecular formula is C41H52ClFN8O3. The van der Waals surface area contributed by atoms with Crippen LogP contribution >= 0.6 is 11.6 Å². The van der Waals surface area contributed by atoms with E-state index in [0.717, 1.165) is 78.9 Å². The van der Waals surface area contributed by atoms with Crippen molar-refractivity contribution in [2.24, 2.45) is 12.0 Å². The minimum Gasteiger partial charge on any atom is -0.400 e. The van der Waals surface area contributed by atoms with E-state index < -0.39 is 0 Å². The number of anilines is 1. The van der Waals surface area contributed by atoms with Crippen LogP contribution in [-0.2, 0) is 24.8 Å². The Bertz CT molecular complexity index is 2080. The summed E-state index contributed by atoms with van der Waals surface area (Å²) in [5, 5.41) is 18.2. The predicted molar refractivity (Wildman–Crippen MR) is 219 cm³/mol. The number of fused-ring (bicyclic) bond motifs is 2. The number of rotatable bonds is 11. The molecular weight excluding hydrogens is 707 g/mol. The first-order valence-corrected chi connectivity index (χ1v) is 18.3. The molecule has 0 spiro atoms. The van der Waals surface area contributed by atoms with Crippen molar-refractivity contribution in [3.05, 3.63) is 118 Å². The van der Waals surface area contributed by atoms with Crippen LogP contribution in [-0.4, -0.2) is 81.3 Å². The average Bonchev–Trinajstić information content (AvgIpc) is 3.72. The number of hydrogen-bond donors (Lipinski definition) is 3. The monoisotopic (exact) mass is 758 g/mol. The highest BCUT2D eigenvalue weighted by Gasteiger charge is 2.18. The Morgan fingerprint density at radius 1 is 1.20 bits per heavy atom. The van der Waals surface area contributed by atoms with Gasteiger partial charge in [0.05, 0.1) is 35.2 Å². The number of carbonyl (C=O) groups is 1. The normalized spacial score (nSPS) is 13.0. The number of aromatic amines is 1. The predicted octanol–water partition coefficient (Wildman–Crippen LogP) is 8.39. The van der Waals surface area contributed by atoms with E-state index in [0.29, 0.717) is 40.4 Å². The molecule has 13 heteroatoms. The molecule has 0 radical (unpaired) electrons. The highest BCUT2D eigenvalue weighted by atomic mass is 35.5. The lowest BCUT2D eigenvalue weighted by molar-refractivity contribution is 0.102. The fourth-order valence-corrected chi connectivity index (χ4v) is 5.78. The minimum atomic E-state index is -0.313. The van der Waals surface area contributed by atoms with E-state index >= 15 is 0 Å². The highest BCUT2D eigenvalue weighted by molar-refractivity contribution is 6.30. The molecule has 0 unspecified atom stereocenters. The van der Waals surface area contributed by atoms with Crippen molar-refractivity contribution in [2.75, 3.05) is 39.2 Å². The maximum Gasteiger partial charge on any atom is 0.255 e. The molecule has 0 bridgehead atoms. The Morgan fingerprint density at radius 3 is 2.63 bits per heavy atom. The van der Waals surface area contributed by atoms with Crippen LogP contribution in [0.25, 0.3) is 22.1 Å². The zero-order valence-corrected chi connectivity index (χ0v) is 33.0. The van der Waals surface area contributed by atoms with E-state index in [2.05, 4.69) is 54.7 Å². The number of aliphatic hydroxyl groups excluding tert-OH is 1. The molecule has 2 aromatic carbocycles. The smallest absolute Gasteiger partial charge is 0.255 e. The number of carbonyl (C=O) groups excluding carboxylic acids is 1. The number of imidazole rings is 1. The lowest BCUT2D eigenvalue weighted by Crippen LogP contribution is -2.29. The molecule has 3 aromatic heterocycles. The number of pyridine rings is 1. The van der Waals surface area contributed by atoms with Gasteiger partial charge in [-0.1, -0.05) is 56.7 Å². The van der Waals surface area contributed by atoms with Crippen LogP contribution in [0.5, 0.6) is 0 Å². The van der Waals surface area contributed by atoms with Crippen molar-refractivity contribution in [2.45, 2.75) is 53.5 Å². The number of aliphatic imine (C=N–C) groups is 1. The third-order valence-electron chi connectivity index (χ3n) is 8.40. The first-order chi connectivity index (χ1) is 26.2. The van der Waals surface area contributed by atoms with Crippen molar-refractivity contribution in [3.8, 4) is 0 Å². The lowest BCUT2D eigenvalue weighted by atomic mass is 10.0. The van der Waals surface area contributed by atoms with Crippen molar-refractivity contribution < 1.29 is 19.0 Å². The van der Waals surface area contributed by atoms with Gasteiger partial charge in [-0.3, -0.25) is 19.8 Å². The second-order valence-corrected chi connectivity index (χ2v) is 12.4. The molecule has 0 fully saturated rings. The molecule has 3 N–H and O–H groups in total. The Labute approximate surface area is 322 Å². The average molecular weight is 759 g/mol. The molecule has 6 rings (SSSR count). The summed E-state index contributed by atoms with van der Waals surface area (Å²) >= 11 is 5.84. The standard InChI is InChI=1S/C34H32ClFN8O.C4H10O.C2H6.CH4O/c1-21-27-18-26(19-38-33(27)42-41-21)39-34(45)24-9-11-31-30(16-24)40-32(43(31)3)20-44-14-12-23(13-15-44)29(37-2)7-5-4-6-22-8-10-25(35)17-28(22)36;1-3-4-5-2;2*1-2/h4-5,7-12,16-19H,2,6,13-15,20H2,1,3H3,(H,39,45)(H,38,41,42);3-4H2,1-2H3;1-2H3;2H,1H3/b5-4-,29-7-;;;. The second-order valence-electron chi connectivity index (χ2n) is 12.0. The largest absolute Gasteiger partial charge is 0.400 e.